The number of likely N-dealkylation sites (N-methyl/N-ethyl adjacent to an activating group) is 1. The Kier molecular flexibility index (Phi) is 4.31. The van der Waals surface area contributed by atoms with Crippen LogP contribution in [0.15, 0.2) is 0 Å². The minimum atomic E-state index is 0.691. The molecule has 0 aromatic carbocycles. The van der Waals surface area contributed by atoms with Crippen molar-refractivity contribution in [3.05, 3.63) is 5.01 Å². The average Bonchev–Trinajstić information content (AvgIpc) is 2.89. The topological polar surface area (TPSA) is 44.3 Å². The fourth-order valence-corrected chi connectivity index (χ4v) is 2.96. The lowest BCUT2D eigenvalue weighted by atomic mass is 10.2. The quantitative estimate of drug-likeness (QED) is 0.854. The summed E-state index contributed by atoms with van der Waals surface area (Å²) in [6, 6.07) is 0.691. The summed E-state index contributed by atoms with van der Waals surface area (Å²) < 4.78 is 0. The van der Waals surface area contributed by atoms with Gasteiger partial charge >= 0.3 is 0 Å². The van der Waals surface area contributed by atoms with Crippen molar-refractivity contribution in [1.29, 1.82) is 0 Å². The summed E-state index contributed by atoms with van der Waals surface area (Å²) in [6.45, 7) is 6.22. The van der Waals surface area contributed by atoms with E-state index in [1.807, 2.05) is 0 Å². The minimum Gasteiger partial charge on any atom is -0.360 e. The molecule has 1 unspecified atom stereocenters. The van der Waals surface area contributed by atoms with Crippen LogP contribution in [0, 0.1) is 0 Å². The molecule has 1 aliphatic heterocycles. The van der Waals surface area contributed by atoms with Crippen LogP contribution < -0.4 is 5.32 Å². The first-order valence-electron chi connectivity index (χ1n) is 6.14. The molecule has 2 heterocycles. The van der Waals surface area contributed by atoms with Gasteiger partial charge in [0.15, 0.2) is 0 Å². The van der Waals surface area contributed by atoms with Gasteiger partial charge in [-0.1, -0.05) is 11.3 Å². The highest BCUT2D eigenvalue weighted by atomic mass is 32.1. The number of nitrogens with zero attached hydrogens (tertiary/aromatic N) is 4. The van der Waals surface area contributed by atoms with Gasteiger partial charge in [0.05, 0.1) is 6.54 Å². The van der Waals surface area contributed by atoms with Gasteiger partial charge in [-0.05, 0) is 27.4 Å². The molecule has 2 rings (SSSR count). The summed E-state index contributed by atoms with van der Waals surface area (Å²) in [5.41, 5.74) is 0. The van der Waals surface area contributed by atoms with E-state index in [1.165, 1.54) is 13.0 Å². The summed E-state index contributed by atoms with van der Waals surface area (Å²) in [4.78, 5) is 4.77. The first-order chi connectivity index (χ1) is 8.19. The number of likely N-dealkylation sites (tertiary alicyclic amines) is 1. The van der Waals surface area contributed by atoms with E-state index < -0.39 is 0 Å². The summed E-state index contributed by atoms with van der Waals surface area (Å²) in [5.74, 6) is 0. The number of hydrogen-bond donors (Lipinski definition) is 1. The third-order valence-electron chi connectivity index (χ3n) is 3.13. The zero-order valence-corrected chi connectivity index (χ0v) is 11.6. The molecule has 0 bridgehead atoms. The van der Waals surface area contributed by atoms with E-state index in [2.05, 4.69) is 46.3 Å². The Labute approximate surface area is 107 Å². The van der Waals surface area contributed by atoms with E-state index in [4.69, 9.17) is 0 Å². The normalized spacial score (nSPS) is 21.3. The highest BCUT2D eigenvalue weighted by Gasteiger charge is 2.24. The zero-order valence-electron chi connectivity index (χ0n) is 10.8. The highest BCUT2D eigenvalue weighted by Crippen LogP contribution is 2.20. The van der Waals surface area contributed by atoms with Crippen molar-refractivity contribution in [2.24, 2.45) is 0 Å². The lowest BCUT2D eigenvalue weighted by Crippen LogP contribution is -2.31. The molecule has 1 aromatic rings. The minimum absolute atomic E-state index is 0.691. The van der Waals surface area contributed by atoms with Crippen LogP contribution in [0.4, 0.5) is 5.13 Å². The summed E-state index contributed by atoms with van der Waals surface area (Å²) in [5, 5.41) is 13.6. The van der Waals surface area contributed by atoms with Gasteiger partial charge < -0.3 is 10.2 Å². The SMILES string of the molecule is CCNc1nnc(CN2CCC(N(C)C)C2)s1. The van der Waals surface area contributed by atoms with Crippen molar-refractivity contribution in [3.8, 4) is 0 Å². The smallest absolute Gasteiger partial charge is 0.205 e. The number of aromatic nitrogens is 2. The molecule has 1 fully saturated rings. The fourth-order valence-electron chi connectivity index (χ4n) is 2.11. The fraction of sp³-hybridized carbons (Fsp3) is 0.818. The van der Waals surface area contributed by atoms with Gasteiger partial charge in [0.1, 0.15) is 5.01 Å². The van der Waals surface area contributed by atoms with Gasteiger partial charge in [0.25, 0.3) is 0 Å². The lowest BCUT2D eigenvalue weighted by Gasteiger charge is -2.19. The van der Waals surface area contributed by atoms with E-state index in [0.717, 1.165) is 29.8 Å². The maximum atomic E-state index is 4.22. The van der Waals surface area contributed by atoms with Crippen molar-refractivity contribution in [2.75, 3.05) is 39.0 Å². The first-order valence-corrected chi connectivity index (χ1v) is 6.95. The Hall–Kier alpha value is -0.720. The summed E-state index contributed by atoms with van der Waals surface area (Å²) >= 11 is 1.67. The Morgan fingerprint density at radius 2 is 2.29 bits per heavy atom. The Morgan fingerprint density at radius 3 is 2.94 bits per heavy atom. The average molecular weight is 255 g/mol. The van der Waals surface area contributed by atoms with E-state index in [-0.39, 0.29) is 0 Å². The first kappa shape index (κ1) is 12.7. The second-order valence-corrected chi connectivity index (χ2v) is 5.73. The van der Waals surface area contributed by atoms with E-state index in [0.29, 0.717) is 6.04 Å². The van der Waals surface area contributed by atoms with E-state index in [1.54, 1.807) is 11.3 Å². The van der Waals surface area contributed by atoms with Gasteiger partial charge in [-0.25, -0.2) is 0 Å². The van der Waals surface area contributed by atoms with Crippen LogP contribution in [0.2, 0.25) is 0 Å². The molecule has 5 nitrogen and oxygen atoms in total. The molecule has 0 spiro atoms. The Bertz CT molecular complexity index is 351. The molecule has 1 atom stereocenters. The molecular formula is C11H21N5S. The molecular weight excluding hydrogens is 234 g/mol. The highest BCUT2D eigenvalue weighted by molar-refractivity contribution is 7.15. The second kappa shape index (κ2) is 5.75. The Morgan fingerprint density at radius 1 is 1.47 bits per heavy atom. The van der Waals surface area contributed by atoms with E-state index >= 15 is 0 Å². The maximum Gasteiger partial charge on any atom is 0.205 e. The molecule has 1 saturated heterocycles. The predicted octanol–water partition coefficient (Wildman–Crippen LogP) is 1.11. The maximum absolute atomic E-state index is 4.22. The predicted molar refractivity (Wildman–Crippen MR) is 71.4 cm³/mol. The molecule has 0 aliphatic carbocycles. The molecule has 0 amide bonds. The van der Waals surface area contributed by atoms with Crippen molar-refractivity contribution >= 4 is 16.5 Å². The molecule has 17 heavy (non-hydrogen) atoms. The number of rotatable bonds is 5. The van der Waals surface area contributed by atoms with Crippen LogP contribution >= 0.6 is 11.3 Å². The second-order valence-electron chi connectivity index (χ2n) is 4.67. The lowest BCUT2D eigenvalue weighted by molar-refractivity contribution is 0.264. The molecule has 1 aliphatic rings. The number of nitrogens with one attached hydrogen (secondary N) is 1. The summed E-state index contributed by atoms with van der Waals surface area (Å²) in [6.07, 6.45) is 1.26. The standard InChI is InChI=1S/C11H21N5S/c1-4-12-11-14-13-10(17-11)8-16-6-5-9(7-16)15(2)3/h9H,4-8H2,1-3H3,(H,12,14). The van der Waals surface area contributed by atoms with Gasteiger partial charge in [-0.3, -0.25) is 4.90 Å². The van der Waals surface area contributed by atoms with Gasteiger partial charge in [0, 0.05) is 25.7 Å². The van der Waals surface area contributed by atoms with Crippen LogP contribution in [-0.2, 0) is 6.54 Å². The molecule has 0 radical (unpaired) electrons. The van der Waals surface area contributed by atoms with Gasteiger partial charge in [-0.15, -0.1) is 10.2 Å². The van der Waals surface area contributed by atoms with Crippen LogP contribution in [0.25, 0.3) is 0 Å². The Balaban J connectivity index is 1.84. The molecule has 1 aromatic heterocycles. The molecule has 96 valence electrons. The summed E-state index contributed by atoms with van der Waals surface area (Å²) in [7, 11) is 4.31. The van der Waals surface area contributed by atoms with Crippen molar-refractivity contribution < 1.29 is 0 Å². The third-order valence-corrected chi connectivity index (χ3v) is 4.00. The van der Waals surface area contributed by atoms with Gasteiger partial charge in [-0.2, -0.15) is 0 Å². The van der Waals surface area contributed by atoms with E-state index in [9.17, 15) is 0 Å². The van der Waals surface area contributed by atoms with Crippen LogP contribution in [0.5, 0.6) is 0 Å². The van der Waals surface area contributed by atoms with Crippen LogP contribution in [-0.4, -0.2) is 59.8 Å². The van der Waals surface area contributed by atoms with Gasteiger partial charge in [0.2, 0.25) is 5.13 Å². The van der Waals surface area contributed by atoms with Crippen LogP contribution in [0.1, 0.15) is 18.4 Å². The molecule has 1 N–H and O–H groups in total. The molecule has 6 heteroatoms. The van der Waals surface area contributed by atoms with Crippen molar-refractivity contribution in [1.82, 2.24) is 20.0 Å². The van der Waals surface area contributed by atoms with Crippen LogP contribution in [0.3, 0.4) is 0 Å². The third kappa shape index (κ3) is 3.37. The number of hydrogen-bond acceptors (Lipinski definition) is 6. The van der Waals surface area contributed by atoms with Crippen molar-refractivity contribution in [2.45, 2.75) is 25.9 Å². The monoisotopic (exact) mass is 255 g/mol. The number of anilines is 1. The zero-order chi connectivity index (χ0) is 12.3. The molecule has 0 saturated carbocycles. The van der Waals surface area contributed by atoms with Crippen molar-refractivity contribution in [3.63, 3.8) is 0 Å². The largest absolute Gasteiger partial charge is 0.360 e.